The third kappa shape index (κ3) is 4.19. The molecule has 0 saturated heterocycles. The van der Waals surface area contributed by atoms with Gasteiger partial charge in [-0.1, -0.05) is 19.4 Å². The summed E-state index contributed by atoms with van der Waals surface area (Å²) in [6.07, 6.45) is 7.59. The number of nitrogens with zero attached hydrogens (tertiary/aromatic N) is 2. The highest BCUT2D eigenvalue weighted by molar-refractivity contribution is 7.18. The lowest BCUT2D eigenvalue weighted by molar-refractivity contribution is 0.106. The largest absolute Gasteiger partial charge is 0.392 e. The maximum absolute atomic E-state index is 12.6. The molecule has 2 N–H and O–H groups in total. The van der Waals surface area contributed by atoms with Crippen molar-refractivity contribution in [3.8, 4) is 0 Å². The number of nitrogens with one attached hydrogen (secondary N) is 1. The third-order valence-corrected chi connectivity index (χ3v) is 5.91. The Bertz CT molecular complexity index is 796. The molecule has 0 saturated carbocycles. The van der Waals surface area contributed by atoms with Crippen LogP contribution in [-0.2, 0) is 19.4 Å². The van der Waals surface area contributed by atoms with E-state index in [2.05, 4.69) is 23.4 Å². The molecule has 6 heteroatoms. The predicted molar refractivity (Wildman–Crippen MR) is 103 cm³/mol. The Morgan fingerprint density at radius 2 is 2.24 bits per heavy atom. The van der Waals surface area contributed by atoms with Crippen molar-refractivity contribution in [2.24, 2.45) is 0 Å². The molecular formula is C19H27N3O2S. The van der Waals surface area contributed by atoms with E-state index in [9.17, 15) is 9.90 Å². The van der Waals surface area contributed by atoms with Gasteiger partial charge in [-0.25, -0.2) is 4.98 Å². The summed E-state index contributed by atoms with van der Waals surface area (Å²) in [4.78, 5) is 24.6. The van der Waals surface area contributed by atoms with E-state index in [4.69, 9.17) is 4.98 Å². The van der Waals surface area contributed by atoms with Gasteiger partial charge < -0.3 is 10.1 Å². The van der Waals surface area contributed by atoms with Crippen molar-refractivity contribution in [3.05, 3.63) is 39.3 Å². The molecule has 136 valence electrons. The maximum atomic E-state index is 12.6. The first kappa shape index (κ1) is 18.3. The Balaban J connectivity index is 1.85. The molecule has 1 aliphatic rings. The number of hydrogen-bond donors (Lipinski definition) is 2. The molecule has 0 aromatic carbocycles. The molecule has 2 heterocycles. The van der Waals surface area contributed by atoms with Crippen molar-refractivity contribution in [1.29, 1.82) is 0 Å². The zero-order valence-corrected chi connectivity index (χ0v) is 15.7. The number of hydrogen-bond acceptors (Lipinski definition) is 5. The highest BCUT2D eigenvalue weighted by Crippen LogP contribution is 2.33. The predicted octanol–water partition coefficient (Wildman–Crippen LogP) is 3.01. The van der Waals surface area contributed by atoms with Gasteiger partial charge in [-0.2, -0.15) is 0 Å². The number of aliphatic hydroxyl groups excluding tert-OH is 1. The summed E-state index contributed by atoms with van der Waals surface area (Å²) < 4.78 is 0. The van der Waals surface area contributed by atoms with Crippen molar-refractivity contribution in [3.63, 3.8) is 0 Å². The summed E-state index contributed by atoms with van der Waals surface area (Å²) in [6.45, 7) is 7.58. The van der Waals surface area contributed by atoms with E-state index in [1.54, 1.807) is 11.3 Å². The topological polar surface area (TPSA) is 69.2 Å². The zero-order chi connectivity index (χ0) is 17.8. The van der Waals surface area contributed by atoms with Gasteiger partial charge in [-0.05, 0) is 37.7 Å². The van der Waals surface area contributed by atoms with Gasteiger partial charge in [0.2, 0.25) is 0 Å². The molecule has 2 aromatic heterocycles. The Kier molecular flexibility index (Phi) is 6.04. The third-order valence-electron chi connectivity index (χ3n) is 4.73. The van der Waals surface area contributed by atoms with Crippen molar-refractivity contribution < 1.29 is 5.11 Å². The van der Waals surface area contributed by atoms with Crippen molar-refractivity contribution >= 4 is 21.6 Å². The molecule has 0 aliphatic heterocycles. The second-order valence-electron chi connectivity index (χ2n) is 6.83. The first-order valence-corrected chi connectivity index (χ1v) is 9.98. The minimum absolute atomic E-state index is 0.0212. The summed E-state index contributed by atoms with van der Waals surface area (Å²) in [6, 6.07) is 0. The second kappa shape index (κ2) is 8.25. The Labute approximate surface area is 152 Å². The number of H-pyrrole nitrogens is 1. The van der Waals surface area contributed by atoms with Crippen LogP contribution in [-0.4, -0.2) is 39.2 Å². The fourth-order valence-corrected chi connectivity index (χ4v) is 4.88. The average molecular weight is 362 g/mol. The summed E-state index contributed by atoms with van der Waals surface area (Å²) in [5.41, 5.74) is 1.19. The van der Waals surface area contributed by atoms with Gasteiger partial charge in [-0.15, -0.1) is 17.9 Å². The fourth-order valence-electron chi connectivity index (χ4n) is 3.60. The van der Waals surface area contributed by atoms with Gasteiger partial charge in [0.1, 0.15) is 10.7 Å². The first-order chi connectivity index (χ1) is 12.1. The molecule has 5 nitrogen and oxygen atoms in total. The Hall–Kier alpha value is -1.50. The smallest absolute Gasteiger partial charge is 0.259 e. The van der Waals surface area contributed by atoms with E-state index in [1.807, 2.05) is 6.08 Å². The molecule has 1 unspecified atom stereocenters. The van der Waals surface area contributed by atoms with E-state index in [1.165, 1.54) is 16.9 Å². The quantitative estimate of drug-likeness (QED) is 0.709. The number of thiophene rings is 1. The fraction of sp³-hybridized carbons (Fsp3) is 0.579. The van der Waals surface area contributed by atoms with E-state index >= 15 is 0 Å². The number of aromatic nitrogens is 2. The molecule has 1 aliphatic carbocycles. The summed E-state index contributed by atoms with van der Waals surface area (Å²) in [7, 11) is 0. The number of aromatic amines is 1. The van der Waals surface area contributed by atoms with Crippen molar-refractivity contribution in [2.45, 2.75) is 58.1 Å². The minimum atomic E-state index is -0.366. The average Bonchev–Trinajstić information content (AvgIpc) is 2.93. The molecule has 0 radical (unpaired) electrons. The molecule has 0 amide bonds. The van der Waals surface area contributed by atoms with Crippen LogP contribution in [0.2, 0.25) is 0 Å². The number of rotatable bonds is 8. The van der Waals surface area contributed by atoms with Crippen molar-refractivity contribution in [2.75, 3.05) is 13.1 Å². The SMILES string of the molecule is C=CCN(Cc1nc2sc3c(c2c(=O)[nH]1)CCCC3)CC(O)CCC. The molecular weight excluding hydrogens is 334 g/mol. The maximum Gasteiger partial charge on any atom is 0.259 e. The van der Waals surface area contributed by atoms with Gasteiger partial charge in [0.15, 0.2) is 0 Å². The highest BCUT2D eigenvalue weighted by Gasteiger charge is 2.20. The highest BCUT2D eigenvalue weighted by atomic mass is 32.1. The van der Waals surface area contributed by atoms with Crippen molar-refractivity contribution in [1.82, 2.24) is 14.9 Å². The van der Waals surface area contributed by atoms with Crippen LogP contribution in [0, 0.1) is 0 Å². The molecule has 0 bridgehead atoms. The Morgan fingerprint density at radius 1 is 1.44 bits per heavy atom. The van der Waals surface area contributed by atoms with Crippen LogP contribution in [0.5, 0.6) is 0 Å². The molecule has 0 spiro atoms. The van der Waals surface area contributed by atoms with E-state index in [0.717, 1.165) is 42.3 Å². The second-order valence-corrected chi connectivity index (χ2v) is 7.91. The molecule has 0 fully saturated rings. The minimum Gasteiger partial charge on any atom is -0.392 e. The van der Waals surface area contributed by atoms with Crippen LogP contribution in [0.4, 0.5) is 0 Å². The van der Waals surface area contributed by atoms with Gasteiger partial charge in [0, 0.05) is 18.0 Å². The normalized spacial score (nSPS) is 15.5. The molecule has 1 atom stereocenters. The van der Waals surface area contributed by atoms with E-state index in [0.29, 0.717) is 25.5 Å². The van der Waals surface area contributed by atoms with Crippen LogP contribution in [0.25, 0.3) is 10.2 Å². The van der Waals surface area contributed by atoms with Crippen LogP contribution in [0.3, 0.4) is 0 Å². The summed E-state index contributed by atoms with van der Waals surface area (Å²) in [5.74, 6) is 0.668. The van der Waals surface area contributed by atoms with E-state index < -0.39 is 0 Å². The lowest BCUT2D eigenvalue weighted by atomic mass is 9.97. The van der Waals surface area contributed by atoms with Gasteiger partial charge in [-0.3, -0.25) is 9.69 Å². The number of aryl methyl sites for hydroxylation is 2. The van der Waals surface area contributed by atoms with Gasteiger partial charge in [0.25, 0.3) is 5.56 Å². The molecule has 3 rings (SSSR count). The summed E-state index contributed by atoms with van der Waals surface area (Å²) in [5, 5.41) is 10.9. The Morgan fingerprint density at radius 3 is 3.00 bits per heavy atom. The first-order valence-electron chi connectivity index (χ1n) is 9.17. The van der Waals surface area contributed by atoms with Crippen LogP contribution in [0.15, 0.2) is 17.4 Å². The van der Waals surface area contributed by atoms with Crippen LogP contribution >= 0.6 is 11.3 Å². The van der Waals surface area contributed by atoms with Crippen LogP contribution < -0.4 is 5.56 Å². The molecule has 25 heavy (non-hydrogen) atoms. The monoisotopic (exact) mass is 361 g/mol. The van der Waals surface area contributed by atoms with Gasteiger partial charge >= 0.3 is 0 Å². The lowest BCUT2D eigenvalue weighted by Crippen LogP contribution is -2.33. The zero-order valence-electron chi connectivity index (χ0n) is 14.9. The number of fused-ring (bicyclic) bond motifs is 3. The molecule has 2 aromatic rings. The van der Waals surface area contributed by atoms with Crippen LogP contribution in [0.1, 0.15) is 48.9 Å². The van der Waals surface area contributed by atoms with E-state index in [-0.39, 0.29) is 11.7 Å². The standard InChI is InChI=1S/C19H27N3O2S/c1-3-7-13(23)11-22(10-4-2)12-16-20-18(24)17-14-8-5-6-9-15(14)25-19(17)21-16/h4,13,23H,2-3,5-12H2,1H3,(H,20,21,24). The lowest BCUT2D eigenvalue weighted by Gasteiger charge is -2.23. The summed E-state index contributed by atoms with van der Waals surface area (Å²) >= 11 is 1.67. The number of aliphatic hydroxyl groups is 1. The van der Waals surface area contributed by atoms with Gasteiger partial charge in [0.05, 0.1) is 18.0 Å².